The molecule has 5 heteroatoms. The van der Waals surface area contributed by atoms with Gasteiger partial charge in [0.15, 0.2) is 0 Å². The molecular formula is C21H18ClNO3. The van der Waals surface area contributed by atoms with Crippen LogP contribution >= 0.6 is 11.6 Å². The van der Waals surface area contributed by atoms with Crippen molar-refractivity contribution >= 4 is 23.2 Å². The minimum absolute atomic E-state index is 0.269. The molecule has 1 atom stereocenters. The maximum absolute atomic E-state index is 12.8. The lowest BCUT2D eigenvalue weighted by Crippen LogP contribution is -2.25. The Hall–Kier alpha value is -2.98. The highest BCUT2D eigenvalue weighted by Gasteiger charge is 2.23. The van der Waals surface area contributed by atoms with E-state index in [4.69, 9.17) is 21.1 Å². The van der Waals surface area contributed by atoms with Crippen LogP contribution in [0.5, 0.6) is 11.5 Å². The van der Waals surface area contributed by atoms with Crippen LogP contribution < -0.4 is 14.8 Å². The summed E-state index contributed by atoms with van der Waals surface area (Å²) in [6.07, 6.45) is -0.791. The molecule has 0 radical (unpaired) electrons. The molecule has 0 aliphatic rings. The van der Waals surface area contributed by atoms with Crippen molar-refractivity contribution in [1.29, 1.82) is 0 Å². The van der Waals surface area contributed by atoms with Crippen LogP contribution in [0.2, 0.25) is 5.02 Å². The summed E-state index contributed by atoms with van der Waals surface area (Å²) in [7, 11) is 1.60. The predicted octanol–water partition coefficient (Wildman–Crippen LogP) is 5.11. The van der Waals surface area contributed by atoms with E-state index in [1.807, 2.05) is 30.3 Å². The van der Waals surface area contributed by atoms with Crippen molar-refractivity contribution in [3.8, 4) is 11.5 Å². The first kappa shape index (κ1) is 17.8. The average molecular weight is 368 g/mol. The quantitative estimate of drug-likeness (QED) is 0.658. The second-order valence-corrected chi connectivity index (χ2v) is 6.02. The number of carbonyl (C=O) groups is 1. The van der Waals surface area contributed by atoms with Crippen LogP contribution in [-0.4, -0.2) is 13.0 Å². The molecule has 0 spiro atoms. The van der Waals surface area contributed by atoms with E-state index < -0.39 is 6.10 Å². The molecular weight excluding hydrogens is 350 g/mol. The second-order valence-electron chi connectivity index (χ2n) is 5.58. The van der Waals surface area contributed by atoms with Crippen molar-refractivity contribution in [2.75, 3.05) is 12.4 Å². The van der Waals surface area contributed by atoms with Gasteiger partial charge in [-0.25, -0.2) is 0 Å². The van der Waals surface area contributed by atoms with Gasteiger partial charge in [0.2, 0.25) is 6.10 Å². The number of benzene rings is 3. The van der Waals surface area contributed by atoms with Gasteiger partial charge >= 0.3 is 0 Å². The molecule has 3 aromatic rings. The van der Waals surface area contributed by atoms with Crippen molar-refractivity contribution in [3.05, 3.63) is 89.4 Å². The standard InChI is InChI=1S/C21H18ClNO3/c1-25-18-11-13-19(14-12-18)26-20(15-5-3-2-4-6-15)21(24)23-17-9-7-16(22)8-10-17/h2-14,20H,1H3,(H,23,24)/t20-/m1/s1. The zero-order chi connectivity index (χ0) is 18.4. The molecule has 1 amide bonds. The van der Waals surface area contributed by atoms with Gasteiger partial charge in [0.05, 0.1) is 7.11 Å². The van der Waals surface area contributed by atoms with Crippen LogP contribution in [0.1, 0.15) is 11.7 Å². The zero-order valence-electron chi connectivity index (χ0n) is 14.2. The van der Waals surface area contributed by atoms with E-state index in [2.05, 4.69) is 5.32 Å². The Morgan fingerprint density at radius 2 is 1.50 bits per heavy atom. The summed E-state index contributed by atoms with van der Waals surface area (Å²) in [6.45, 7) is 0. The number of anilines is 1. The van der Waals surface area contributed by atoms with E-state index in [0.29, 0.717) is 16.5 Å². The third-order valence-electron chi connectivity index (χ3n) is 3.77. The second kappa shape index (κ2) is 8.41. The van der Waals surface area contributed by atoms with Crippen LogP contribution in [0.25, 0.3) is 0 Å². The molecule has 0 aromatic heterocycles. The predicted molar refractivity (Wildman–Crippen MR) is 103 cm³/mol. The molecule has 0 saturated heterocycles. The normalized spacial score (nSPS) is 11.5. The first-order valence-corrected chi connectivity index (χ1v) is 8.45. The molecule has 3 rings (SSSR count). The Kier molecular flexibility index (Phi) is 5.77. The number of hydrogen-bond donors (Lipinski definition) is 1. The van der Waals surface area contributed by atoms with E-state index in [1.54, 1.807) is 55.6 Å². The molecule has 1 N–H and O–H groups in total. The van der Waals surface area contributed by atoms with Gasteiger partial charge in [0, 0.05) is 16.3 Å². The molecule has 0 heterocycles. The van der Waals surface area contributed by atoms with Gasteiger partial charge < -0.3 is 14.8 Å². The Balaban J connectivity index is 1.82. The Morgan fingerprint density at radius 1 is 0.885 bits per heavy atom. The maximum Gasteiger partial charge on any atom is 0.270 e. The topological polar surface area (TPSA) is 47.6 Å². The van der Waals surface area contributed by atoms with Crippen molar-refractivity contribution in [3.63, 3.8) is 0 Å². The first-order chi connectivity index (χ1) is 12.7. The Morgan fingerprint density at radius 3 is 2.12 bits per heavy atom. The highest BCUT2D eigenvalue weighted by Crippen LogP contribution is 2.26. The van der Waals surface area contributed by atoms with Crippen LogP contribution in [0.15, 0.2) is 78.9 Å². The van der Waals surface area contributed by atoms with Gasteiger partial charge in [-0.3, -0.25) is 4.79 Å². The van der Waals surface area contributed by atoms with E-state index in [1.165, 1.54) is 0 Å². The number of nitrogens with one attached hydrogen (secondary N) is 1. The van der Waals surface area contributed by atoms with Crippen molar-refractivity contribution in [1.82, 2.24) is 0 Å². The maximum atomic E-state index is 12.8. The summed E-state index contributed by atoms with van der Waals surface area (Å²) in [6, 6.07) is 23.4. The van der Waals surface area contributed by atoms with E-state index in [9.17, 15) is 4.79 Å². The van der Waals surface area contributed by atoms with Crippen LogP contribution in [-0.2, 0) is 4.79 Å². The van der Waals surface area contributed by atoms with Gasteiger partial charge in [-0.15, -0.1) is 0 Å². The molecule has 3 aromatic carbocycles. The summed E-state index contributed by atoms with van der Waals surface area (Å²) in [5.74, 6) is 1.03. The highest BCUT2D eigenvalue weighted by atomic mass is 35.5. The highest BCUT2D eigenvalue weighted by molar-refractivity contribution is 6.30. The summed E-state index contributed by atoms with van der Waals surface area (Å²) in [5, 5.41) is 3.47. The van der Waals surface area contributed by atoms with Crippen molar-refractivity contribution in [2.24, 2.45) is 0 Å². The fraction of sp³-hybridized carbons (Fsp3) is 0.0952. The van der Waals surface area contributed by atoms with Crippen LogP contribution in [0, 0.1) is 0 Å². The molecule has 0 fully saturated rings. The number of amides is 1. The van der Waals surface area contributed by atoms with Crippen molar-refractivity contribution in [2.45, 2.75) is 6.10 Å². The summed E-state index contributed by atoms with van der Waals surface area (Å²) >= 11 is 5.89. The molecule has 0 bridgehead atoms. The Bertz CT molecular complexity index is 849. The number of rotatable bonds is 6. The number of carbonyl (C=O) groups excluding carboxylic acids is 1. The summed E-state index contributed by atoms with van der Waals surface area (Å²) < 4.78 is 11.1. The smallest absolute Gasteiger partial charge is 0.270 e. The lowest BCUT2D eigenvalue weighted by atomic mass is 10.1. The fourth-order valence-electron chi connectivity index (χ4n) is 2.43. The summed E-state index contributed by atoms with van der Waals surface area (Å²) in [5.41, 5.74) is 1.41. The SMILES string of the molecule is COc1ccc(O[C@@H](C(=O)Nc2ccc(Cl)cc2)c2ccccc2)cc1. The third kappa shape index (κ3) is 4.55. The fourth-order valence-corrected chi connectivity index (χ4v) is 2.56. The molecule has 26 heavy (non-hydrogen) atoms. The Labute approximate surface area is 157 Å². The van der Waals surface area contributed by atoms with Crippen molar-refractivity contribution < 1.29 is 14.3 Å². The first-order valence-electron chi connectivity index (χ1n) is 8.08. The van der Waals surface area contributed by atoms with Gasteiger partial charge in [0.1, 0.15) is 11.5 Å². The lowest BCUT2D eigenvalue weighted by molar-refractivity contribution is -0.123. The molecule has 0 unspecified atom stereocenters. The van der Waals surface area contributed by atoms with Crippen LogP contribution in [0.4, 0.5) is 5.69 Å². The average Bonchev–Trinajstić information content (AvgIpc) is 2.69. The number of methoxy groups -OCH3 is 1. The van der Waals surface area contributed by atoms with E-state index >= 15 is 0 Å². The molecule has 0 aliphatic carbocycles. The minimum atomic E-state index is -0.791. The van der Waals surface area contributed by atoms with E-state index in [-0.39, 0.29) is 5.91 Å². The summed E-state index contributed by atoms with van der Waals surface area (Å²) in [4.78, 5) is 12.8. The lowest BCUT2D eigenvalue weighted by Gasteiger charge is -2.19. The van der Waals surface area contributed by atoms with Gasteiger partial charge in [-0.05, 0) is 48.5 Å². The molecule has 0 aliphatic heterocycles. The monoisotopic (exact) mass is 367 g/mol. The molecule has 132 valence electrons. The molecule has 4 nitrogen and oxygen atoms in total. The van der Waals surface area contributed by atoms with E-state index in [0.717, 1.165) is 11.3 Å². The number of hydrogen-bond acceptors (Lipinski definition) is 3. The zero-order valence-corrected chi connectivity index (χ0v) is 14.9. The third-order valence-corrected chi connectivity index (χ3v) is 4.02. The molecule has 0 saturated carbocycles. The minimum Gasteiger partial charge on any atom is -0.497 e. The number of ether oxygens (including phenoxy) is 2. The van der Waals surface area contributed by atoms with Gasteiger partial charge in [-0.1, -0.05) is 41.9 Å². The van der Waals surface area contributed by atoms with Crippen LogP contribution in [0.3, 0.4) is 0 Å². The van der Waals surface area contributed by atoms with Gasteiger partial charge in [-0.2, -0.15) is 0 Å². The number of halogens is 1. The van der Waals surface area contributed by atoms with Gasteiger partial charge in [0.25, 0.3) is 5.91 Å². The largest absolute Gasteiger partial charge is 0.497 e.